The molecule has 0 radical (unpaired) electrons. The Labute approximate surface area is 146 Å². The zero-order valence-electron chi connectivity index (χ0n) is 13.7. The van der Waals surface area contributed by atoms with E-state index in [9.17, 15) is 22.8 Å². The molecular weight excluding hydrogens is 353 g/mol. The maximum Gasteiger partial charge on any atom is 0.416 e. The molecule has 1 aromatic heterocycles. The summed E-state index contributed by atoms with van der Waals surface area (Å²) in [6, 6.07) is 4.60. The first-order chi connectivity index (χ1) is 12.2. The second-order valence-corrected chi connectivity index (χ2v) is 6.11. The Hall–Kier alpha value is -2.91. The number of carboxylic acid groups (broad SMARTS) is 1. The van der Waals surface area contributed by atoms with Crippen molar-refractivity contribution in [3.63, 3.8) is 0 Å². The Balaban J connectivity index is 2.01. The number of carboxylic acids is 1. The fourth-order valence-corrected chi connectivity index (χ4v) is 2.62. The van der Waals surface area contributed by atoms with Crippen LogP contribution in [0.2, 0.25) is 0 Å². The second-order valence-electron chi connectivity index (χ2n) is 6.11. The van der Waals surface area contributed by atoms with E-state index in [1.54, 1.807) is 0 Å². The molecule has 1 aliphatic rings. The number of halogens is 3. The minimum atomic E-state index is -4.50. The lowest BCUT2D eigenvalue weighted by Crippen LogP contribution is -2.32. The Kier molecular flexibility index (Phi) is 4.43. The number of hydrogen-bond acceptors (Lipinski definition) is 4. The van der Waals surface area contributed by atoms with Gasteiger partial charge < -0.3 is 10.0 Å². The highest BCUT2D eigenvalue weighted by atomic mass is 19.4. The standard InChI is InChI=1S/C16H15F3N4O3/c1-22(8-12(24)25)15(26)13-14(9-5-6-9)23(21-20-13)11-4-2-3-10(7-11)16(17,18)19/h2-4,7,9H,5-6,8H2,1H3,(H,24,25). The molecule has 1 saturated carbocycles. The third kappa shape index (κ3) is 3.53. The first kappa shape index (κ1) is 17.9. The van der Waals surface area contributed by atoms with Gasteiger partial charge in [0.15, 0.2) is 5.69 Å². The summed E-state index contributed by atoms with van der Waals surface area (Å²) in [4.78, 5) is 24.2. The third-order valence-corrected chi connectivity index (χ3v) is 4.01. The van der Waals surface area contributed by atoms with Crippen LogP contribution in [0.15, 0.2) is 24.3 Å². The van der Waals surface area contributed by atoms with Gasteiger partial charge in [0.1, 0.15) is 6.54 Å². The predicted molar refractivity (Wildman–Crippen MR) is 82.9 cm³/mol. The van der Waals surface area contributed by atoms with Gasteiger partial charge in [0.2, 0.25) is 0 Å². The van der Waals surface area contributed by atoms with E-state index in [0.29, 0.717) is 5.69 Å². The SMILES string of the molecule is CN(CC(=O)O)C(=O)c1nnn(-c2cccc(C(F)(F)F)c2)c1C1CC1. The quantitative estimate of drug-likeness (QED) is 0.875. The zero-order chi connectivity index (χ0) is 19.1. The summed E-state index contributed by atoms with van der Waals surface area (Å²) in [6.07, 6.45) is -2.98. The van der Waals surface area contributed by atoms with Crippen LogP contribution >= 0.6 is 0 Å². The maximum atomic E-state index is 13.0. The molecule has 1 aliphatic carbocycles. The van der Waals surface area contributed by atoms with E-state index in [1.807, 2.05) is 0 Å². The van der Waals surface area contributed by atoms with Gasteiger partial charge in [-0.3, -0.25) is 9.59 Å². The number of aromatic nitrogens is 3. The van der Waals surface area contributed by atoms with E-state index in [0.717, 1.165) is 29.9 Å². The van der Waals surface area contributed by atoms with E-state index in [-0.39, 0.29) is 17.3 Å². The van der Waals surface area contributed by atoms with Gasteiger partial charge in [-0.2, -0.15) is 13.2 Å². The third-order valence-electron chi connectivity index (χ3n) is 4.01. The van der Waals surface area contributed by atoms with Crippen molar-refractivity contribution >= 4 is 11.9 Å². The van der Waals surface area contributed by atoms with Gasteiger partial charge in [-0.1, -0.05) is 11.3 Å². The lowest BCUT2D eigenvalue weighted by atomic mass is 10.1. The minimum Gasteiger partial charge on any atom is -0.480 e. The molecule has 0 saturated heterocycles. The number of likely N-dealkylation sites (N-methyl/N-ethyl adjacent to an activating group) is 1. The molecule has 3 rings (SSSR count). The maximum absolute atomic E-state index is 13.0. The van der Waals surface area contributed by atoms with E-state index in [1.165, 1.54) is 23.9 Å². The molecule has 10 heteroatoms. The van der Waals surface area contributed by atoms with E-state index in [2.05, 4.69) is 10.3 Å². The summed E-state index contributed by atoms with van der Waals surface area (Å²) in [7, 11) is 1.32. The van der Waals surface area contributed by atoms with Crippen molar-refractivity contribution in [3.05, 3.63) is 41.2 Å². The van der Waals surface area contributed by atoms with E-state index < -0.39 is 30.2 Å². The van der Waals surface area contributed by atoms with Gasteiger partial charge in [-0.25, -0.2) is 4.68 Å². The van der Waals surface area contributed by atoms with Crippen molar-refractivity contribution in [2.45, 2.75) is 24.9 Å². The lowest BCUT2D eigenvalue weighted by Gasteiger charge is -2.14. The van der Waals surface area contributed by atoms with Crippen molar-refractivity contribution < 1.29 is 27.9 Å². The highest BCUT2D eigenvalue weighted by Crippen LogP contribution is 2.42. The van der Waals surface area contributed by atoms with Crippen molar-refractivity contribution in [2.75, 3.05) is 13.6 Å². The molecule has 2 aromatic rings. The Morgan fingerprint density at radius 1 is 1.35 bits per heavy atom. The molecule has 0 spiro atoms. The summed E-state index contributed by atoms with van der Waals surface area (Å²) < 4.78 is 40.1. The van der Waals surface area contributed by atoms with Crippen LogP contribution in [0.5, 0.6) is 0 Å². The molecular formula is C16H15F3N4O3. The van der Waals surface area contributed by atoms with Gasteiger partial charge in [-0.15, -0.1) is 5.10 Å². The average molecular weight is 368 g/mol. The van der Waals surface area contributed by atoms with Crippen LogP contribution in [0.3, 0.4) is 0 Å². The molecule has 0 unspecified atom stereocenters. The van der Waals surface area contributed by atoms with Crippen molar-refractivity contribution in [2.24, 2.45) is 0 Å². The molecule has 0 bridgehead atoms. The number of carbonyl (C=O) groups excluding carboxylic acids is 1. The van der Waals surface area contributed by atoms with Gasteiger partial charge in [-0.05, 0) is 31.0 Å². The fraction of sp³-hybridized carbons (Fsp3) is 0.375. The normalized spacial score (nSPS) is 14.3. The van der Waals surface area contributed by atoms with Crippen molar-refractivity contribution in [3.8, 4) is 5.69 Å². The molecule has 0 aliphatic heterocycles. The largest absolute Gasteiger partial charge is 0.480 e. The molecule has 1 fully saturated rings. The second kappa shape index (κ2) is 6.43. The number of nitrogens with zero attached hydrogens (tertiary/aromatic N) is 4. The highest BCUT2D eigenvalue weighted by molar-refractivity contribution is 5.95. The summed E-state index contributed by atoms with van der Waals surface area (Å²) in [5.74, 6) is -1.86. The number of alkyl halides is 3. The molecule has 1 aromatic carbocycles. The van der Waals surface area contributed by atoms with E-state index in [4.69, 9.17) is 5.11 Å². The number of amides is 1. The van der Waals surface area contributed by atoms with Crippen molar-refractivity contribution in [1.29, 1.82) is 0 Å². The Morgan fingerprint density at radius 2 is 2.04 bits per heavy atom. The number of carbonyl (C=O) groups is 2. The van der Waals surface area contributed by atoms with Crippen LogP contribution in [-0.4, -0.2) is 50.5 Å². The number of rotatable bonds is 5. The summed E-state index contributed by atoms with van der Waals surface area (Å²) in [5.41, 5.74) is -0.308. The minimum absolute atomic E-state index is 0.0336. The monoisotopic (exact) mass is 368 g/mol. The van der Waals surface area contributed by atoms with Crippen LogP contribution in [0.4, 0.5) is 13.2 Å². The van der Waals surface area contributed by atoms with Crippen LogP contribution in [0.25, 0.3) is 5.69 Å². The molecule has 1 heterocycles. The summed E-state index contributed by atoms with van der Waals surface area (Å²) in [6.45, 7) is -0.515. The molecule has 26 heavy (non-hydrogen) atoms. The molecule has 0 atom stereocenters. The average Bonchev–Trinajstić information content (AvgIpc) is 3.31. The molecule has 1 N–H and O–H groups in total. The highest BCUT2D eigenvalue weighted by Gasteiger charge is 2.36. The first-order valence-corrected chi connectivity index (χ1v) is 7.79. The number of benzene rings is 1. The molecule has 7 nitrogen and oxygen atoms in total. The first-order valence-electron chi connectivity index (χ1n) is 7.79. The topological polar surface area (TPSA) is 88.3 Å². The molecule has 138 valence electrons. The Bertz CT molecular complexity index is 859. The number of aliphatic carboxylic acids is 1. The molecule has 1 amide bonds. The van der Waals surface area contributed by atoms with Gasteiger partial charge >= 0.3 is 12.1 Å². The smallest absolute Gasteiger partial charge is 0.416 e. The van der Waals surface area contributed by atoms with E-state index >= 15 is 0 Å². The van der Waals surface area contributed by atoms with Crippen LogP contribution in [-0.2, 0) is 11.0 Å². The van der Waals surface area contributed by atoms with Gasteiger partial charge in [0, 0.05) is 13.0 Å². The fourth-order valence-electron chi connectivity index (χ4n) is 2.62. The van der Waals surface area contributed by atoms with Gasteiger partial charge in [0.05, 0.1) is 16.9 Å². The summed E-state index contributed by atoms with van der Waals surface area (Å²) >= 11 is 0. The van der Waals surface area contributed by atoms with Crippen LogP contribution in [0, 0.1) is 0 Å². The number of hydrogen-bond donors (Lipinski definition) is 1. The van der Waals surface area contributed by atoms with Crippen LogP contribution < -0.4 is 0 Å². The summed E-state index contributed by atoms with van der Waals surface area (Å²) in [5, 5.41) is 16.5. The van der Waals surface area contributed by atoms with Gasteiger partial charge in [0.25, 0.3) is 5.91 Å². The zero-order valence-corrected chi connectivity index (χ0v) is 13.7. The predicted octanol–water partition coefficient (Wildman–Crippen LogP) is 2.32. The van der Waals surface area contributed by atoms with Crippen LogP contribution in [0.1, 0.15) is 40.5 Å². The van der Waals surface area contributed by atoms with Crippen molar-refractivity contribution in [1.82, 2.24) is 19.9 Å². The lowest BCUT2D eigenvalue weighted by molar-refractivity contribution is -0.138. The Morgan fingerprint density at radius 3 is 2.62 bits per heavy atom.